The fraction of sp³-hybridized carbons (Fsp3) is 0.600. The van der Waals surface area contributed by atoms with Crippen LogP contribution in [-0.2, 0) is 10.0 Å². The summed E-state index contributed by atoms with van der Waals surface area (Å²) in [6.45, 7) is 4.50. The van der Waals surface area contributed by atoms with Crippen LogP contribution in [-0.4, -0.2) is 30.4 Å². The van der Waals surface area contributed by atoms with Crippen LogP contribution in [0, 0.1) is 0 Å². The standard InChI is InChI=1S/C15H23NO3S/c1-3-13-8-6-10-16(13)20(18,19)14-9-5-7-12(11-14)15(17)4-2/h5,7,9,11,13,15,17H,3-4,6,8,10H2,1-2H3. The Labute approximate surface area is 121 Å². The van der Waals surface area contributed by atoms with Gasteiger partial charge in [-0.3, -0.25) is 0 Å². The predicted octanol–water partition coefficient (Wildman–Crippen LogP) is 2.69. The monoisotopic (exact) mass is 297 g/mol. The lowest BCUT2D eigenvalue weighted by atomic mass is 10.1. The van der Waals surface area contributed by atoms with Crippen LogP contribution < -0.4 is 0 Å². The van der Waals surface area contributed by atoms with Crippen molar-refractivity contribution in [3.8, 4) is 0 Å². The Morgan fingerprint density at radius 3 is 2.80 bits per heavy atom. The van der Waals surface area contributed by atoms with Crippen molar-refractivity contribution in [1.82, 2.24) is 4.31 Å². The van der Waals surface area contributed by atoms with Gasteiger partial charge in [-0.2, -0.15) is 4.31 Å². The van der Waals surface area contributed by atoms with Crippen molar-refractivity contribution >= 4 is 10.0 Å². The lowest BCUT2D eigenvalue weighted by Crippen LogP contribution is -2.35. The minimum Gasteiger partial charge on any atom is -0.388 e. The fourth-order valence-corrected chi connectivity index (χ4v) is 4.61. The van der Waals surface area contributed by atoms with E-state index in [0.29, 0.717) is 23.4 Å². The second-order valence-corrected chi connectivity index (χ2v) is 7.21. The van der Waals surface area contributed by atoms with E-state index >= 15 is 0 Å². The molecule has 0 aromatic heterocycles. The summed E-state index contributed by atoms with van der Waals surface area (Å²) in [7, 11) is -3.44. The van der Waals surface area contributed by atoms with Gasteiger partial charge in [0.25, 0.3) is 0 Å². The Balaban J connectivity index is 2.34. The molecule has 0 amide bonds. The minimum absolute atomic E-state index is 0.111. The molecule has 1 aliphatic rings. The molecule has 20 heavy (non-hydrogen) atoms. The maximum Gasteiger partial charge on any atom is 0.243 e. The van der Waals surface area contributed by atoms with Gasteiger partial charge in [-0.1, -0.05) is 26.0 Å². The van der Waals surface area contributed by atoms with Crippen LogP contribution in [0.1, 0.15) is 51.2 Å². The zero-order valence-corrected chi connectivity index (χ0v) is 12.9. The zero-order chi connectivity index (χ0) is 14.8. The Morgan fingerprint density at radius 1 is 1.40 bits per heavy atom. The van der Waals surface area contributed by atoms with Crippen molar-refractivity contribution < 1.29 is 13.5 Å². The summed E-state index contributed by atoms with van der Waals surface area (Å²) in [6.07, 6.45) is 2.68. The van der Waals surface area contributed by atoms with Crippen molar-refractivity contribution in [3.63, 3.8) is 0 Å². The normalized spacial score (nSPS) is 22.1. The van der Waals surface area contributed by atoms with Crippen molar-refractivity contribution in [2.24, 2.45) is 0 Å². The van der Waals surface area contributed by atoms with Gasteiger partial charge >= 0.3 is 0 Å². The molecule has 2 unspecified atom stereocenters. The molecule has 1 aromatic rings. The molecule has 0 spiro atoms. The minimum atomic E-state index is -3.44. The Morgan fingerprint density at radius 2 is 2.15 bits per heavy atom. The molecule has 1 saturated heterocycles. The molecule has 4 nitrogen and oxygen atoms in total. The van der Waals surface area contributed by atoms with Crippen molar-refractivity contribution in [3.05, 3.63) is 29.8 Å². The first-order chi connectivity index (χ1) is 9.50. The lowest BCUT2D eigenvalue weighted by molar-refractivity contribution is 0.173. The third-order valence-electron chi connectivity index (χ3n) is 4.03. The molecule has 1 heterocycles. The molecule has 5 heteroatoms. The summed E-state index contributed by atoms with van der Waals surface area (Å²) in [5.74, 6) is 0. The summed E-state index contributed by atoms with van der Waals surface area (Å²) < 4.78 is 27.0. The molecule has 0 saturated carbocycles. The molecule has 112 valence electrons. The van der Waals surface area contributed by atoms with Gasteiger partial charge in [0.05, 0.1) is 11.0 Å². The number of hydrogen-bond acceptors (Lipinski definition) is 3. The SMILES string of the molecule is CCC(O)c1cccc(S(=O)(=O)N2CCCC2CC)c1. The summed E-state index contributed by atoms with van der Waals surface area (Å²) >= 11 is 0. The van der Waals surface area contributed by atoms with Crippen LogP contribution in [0.4, 0.5) is 0 Å². The average molecular weight is 297 g/mol. The van der Waals surface area contributed by atoms with Gasteiger partial charge in [-0.05, 0) is 43.4 Å². The number of aliphatic hydroxyl groups excluding tert-OH is 1. The maximum atomic E-state index is 12.7. The largest absolute Gasteiger partial charge is 0.388 e. The lowest BCUT2D eigenvalue weighted by Gasteiger charge is -2.23. The second kappa shape index (κ2) is 6.24. The zero-order valence-electron chi connectivity index (χ0n) is 12.1. The van der Waals surface area contributed by atoms with Gasteiger partial charge in [0.1, 0.15) is 0 Å². The number of sulfonamides is 1. The van der Waals surface area contributed by atoms with E-state index in [4.69, 9.17) is 0 Å². The highest BCUT2D eigenvalue weighted by Crippen LogP contribution is 2.29. The molecular weight excluding hydrogens is 274 g/mol. The van der Waals surface area contributed by atoms with E-state index < -0.39 is 16.1 Å². The Bertz CT molecular complexity index is 556. The summed E-state index contributed by atoms with van der Waals surface area (Å²) in [5, 5.41) is 9.87. The van der Waals surface area contributed by atoms with E-state index in [2.05, 4.69) is 0 Å². The van der Waals surface area contributed by atoms with E-state index in [-0.39, 0.29) is 6.04 Å². The number of aliphatic hydroxyl groups is 1. The molecule has 1 N–H and O–H groups in total. The third-order valence-corrected chi connectivity index (χ3v) is 5.98. The summed E-state index contributed by atoms with van der Waals surface area (Å²) in [5.41, 5.74) is 0.667. The van der Waals surface area contributed by atoms with Gasteiger partial charge in [0, 0.05) is 12.6 Å². The number of rotatable bonds is 5. The van der Waals surface area contributed by atoms with Gasteiger partial charge < -0.3 is 5.11 Å². The van der Waals surface area contributed by atoms with E-state index in [1.54, 1.807) is 28.6 Å². The highest BCUT2D eigenvalue weighted by molar-refractivity contribution is 7.89. The molecular formula is C15H23NO3S. The molecule has 0 aliphatic carbocycles. The van der Waals surface area contributed by atoms with E-state index in [0.717, 1.165) is 19.3 Å². The van der Waals surface area contributed by atoms with Crippen LogP contribution in [0.15, 0.2) is 29.2 Å². The van der Waals surface area contributed by atoms with Crippen LogP contribution in [0.3, 0.4) is 0 Å². The molecule has 0 radical (unpaired) electrons. The number of benzene rings is 1. The number of nitrogens with zero attached hydrogens (tertiary/aromatic N) is 1. The first-order valence-corrected chi connectivity index (χ1v) is 8.74. The van der Waals surface area contributed by atoms with Gasteiger partial charge in [-0.15, -0.1) is 0 Å². The Hall–Kier alpha value is -0.910. The molecule has 1 aromatic carbocycles. The van der Waals surface area contributed by atoms with E-state index in [1.165, 1.54) is 0 Å². The van der Waals surface area contributed by atoms with E-state index in [1.807, 2.05) is 13.8 Å². The van der Waals surface area contributed by atoms with E-state index in [9.17, 15) is 13.5 Å². The van der Waals surface area contributed by atoms with Gasteiger partial charge in [-0.25, -0.2) is 8.42 Å². The first kappa shape index (κ1) is 15.5. The average Bonchev–Trinajstić information content (AvgIpc) is 2.95. The first-order valence-electron chi connectivity index (χ1n) is 7.30. The highest BCUT2D eigenvalue weighted by atomic mass is 32.2. The Kier molecular flexibility index (Phi) is 4.83. The van der Waals surface area contributed by atoms with Crippen molar-refractivity contribution in [2.45, 2.75) is 56.6 Å². The molecule has 1 fully saturated rings. The van der Waals surface area contributed by atoms with Crippen LogP contribution in [0.25, 0.3) is 0 Å². The molecule has 2 atom stereocenters. The quantitative estimate of drug-likeness (QED) is 0.909. The molecule has 1 aliphatic heterocycles. The third kappa shape index (κ3) is 2.90. The van der Waals surface area contributed by atoms with Crippen LogP contribution in [0.5, 0.6) is 0 Å². The number of hydrogen-bond donors (Lipinski definition) is 1. The highest BCUT2D eigenvalue weighted by Gasteiger charge is 2.34. The van der Waals surface area contributed by atoms with Crippen molar-refractivity contribution in [1.29, 1.82) is 0 Å². The summed E-state index contributed by atoms with van der Waals surface area (Å²) in [4.78, 5) is 0.294. The van der Waals surface area contributed by atoms with Crippen molar-refractivity contribution in [2.75, 3.05) is 6.54 Å². The second-order valence-electron chi connectivity index (χ2n) is 5.32. The molecule has 0 bridgehead atoms. The van der Waals surface area contributed by atoms with Crippen LogP contribution >= 0.6 is 0 Å². The fourth-order valence-electron chi connectivity index (χ4n) is 2.79. The molecule has 2 rings (SSSR count). The predicted molar refractivity (Wildman–Crippen MR) is 78.9 cm³/mol. The maximum absolute atomic E-state index is 12.7. The van der Waals surface area contributed by atoms with Gasteiger partial charge in [0.15, 0.2) is 0 Å². The smallest absolute Gasteiger partial charge is 0.243 e. The van der Waals surface area contributed by atoms with Crippen LogP contribution in [0.2, 0.25) is 0 Å². The van der Waals surface area contributed by atoms with Gasteiger partial charge in [0.2, 0.25) is 10.0 Å². The summed E-state index contributed by atoms with van der Waals surface area (Å²) in [6, 6.07) is 6.81. The topological polar surface area (TPSA) is 57.6 Å².